The number of fused-ring (bicyclic) bond motifs is 6. The highest BCUT2D eigenvalue weighted by atomic mass is 16.5. The summed E-state index contributed by atoms with van der Waals surface area (Å²) in [5.41, 5.74) is 2.34. The minimum atomic E-state index is -1.39. The van der Waals surface area contributed by atoms with E-state index >= 15 is 0 Å². The summed E-state index contributed by atoms with van der Waals surface area (Å²) < 4.78 is 16.3. The lowest BCUT2D eigenvalue weighted by atomic mass is 9.64. The second-order valence-electron chi connectivity index (χ2n) is 11.1. The lowest BCUT2D eigenvalue weighted by Crippen LogP contribution is -2.51. The lowest BCUT2D eigenvalue weighted by Gasteiger charge is -2.37. The molecule has 1 unspecified atom stereocenters. The van der Waals surface area contributed by atoms with Crippen molar-refractivity contribution in [3.63, 3.8) is 0 Å². The summed E-state index contributed by atoms with van der Waals surface area (Å²) in [6, 6.07) is 25.3. The fourth-order valence-electron chi connectivity index (χ4n) is 7.21. The topological polar surface area (TPSA) is 94.2 Å². The van der Waals surface area contributed by atoms with E-state index in [2.05, 4.69) is 5.32 Å². The van der Waals surface area contributed by atoms with E-state index in [0.29, 0.717) is 39.6 Å². The number of ketones is 2. The van der Waals surface area contributed by atoms with Crippen LogP contribution in [0.3, 0.4) is 0 Å². The Balaban J connectivity index is 1.51. The van der Waals surface area contributed by atoms with Crippen molar-refractivity contribution >= 4 is 34.9 Å². The van der Waals surface area contributed by atoms with Gasteiger partial charge in [-0.15, -0.1) is 0 Å². The molecule has 8 nitrogen and oxygen atoms in total. The standard InChI is InChI=1S/C36H30N2O6/c1-42-24-16-12-22(13-17-24)33(39)31-32(34(40)23-14-18-28(43-2)29(20-23)44-3)38-27-11-7-4-8-21(27)15-19-30(38)36(31)25-9-5-6-10-26(25)37-35(36)41/h4-20,30-32H,1-3H3,(H,37,41)/t30?,31-,32+,36+/m0/s1. The number of anilines is 2. The molecule has 0 radical (unpaired) electrons. The van der Waals surface area contributed by atoms with Crippen molar-refractivity contribution in [3.8, 4) is 17.2 Å². The van der Waals surface area contributed by atoms with Crippen LogP contribution in [0.2, 0.25) is 0 Å². The van der Waals surface area contributed by atoms with Gasteiger partial charge in [-0.25, -0.2) is 0 Å². The smallest absolute Gasteiger partial charge is 0.238 e. The van der Waals surface area contributed by atoms with Crippen LogP contribution in [0.1, 0.15) is 31.8 Å². The highest BCUT2D eigenvalue weighted by Crippen LogP contribution is 2.58. The van der Waals surface area contributed by atoms with E-state index < -0.39 is 23.4 Å². The molecule has 1 fully saturated rings. The van der Waals surface area contributed by atoms with E-state index in [1.807, 2.05) is 65.6 Å². The molecule has 44 heavy (non-hydrogen) atoms. The number of ether oxygens (including phenoxy) is 3. The van der Waals surface area contributed by atoms with Gasteiger partial charge < -0.3 is 24.4 Å². The Hall–Kier alpha value is -5.37. The highest BCUT2D eigenvalue weighted by molar-refractivity contribution is 6.18. The van der Waals surface area contributed by atoms with E-state index in [1.165, 1.54) is 14.2 Å². The Morgan fingerprint density at radius 2 is 1.48 bits per heavy atom. The van der Waals surface area contributed by atoms with Gasteiger partial charge in [-0.2, -0.15) is 0 Å². The predicted octanol–water partition coefficient (Wildman–Crippen LogP) is 5.57. The van der Waals surface area contributed by atoms with Crippen molar-refractivity contribution in [2.75, 3.05) is 31.5 Å². The number of para-hydroxylation sites is 2. The van der Waals surface area contributed by atoms with E-state index in [0.717, 1.165) is 11.3 Å². The van der Waals surface area contributed by atoms with Gasteiger partial charge in [0.05, 0.1) is 33.3 Å². The molecule has 1 saturated heterocycles. The van der Waals surface area contributed by atoms with E-state index in [1.54, 1.807) is 49.6 Å². The van der Waals surface area contributed by atoms with Crippen molar-refractivity contribution in [2.24, 2.45) is 5.92 Å². The number of nitrogens with one attached hydrogen (secondary N) is 1. The van der Waals surface area contributed by atoms with Crippen LogP contribution in [0.4, 0.5) is 11.4 Å². The highest BCUT2D eigenvalue weighted by Gasteiger charge is 2.70. The summed E-state index contributed by atoms with van der Waals surface area (Å²) >= 11 is 0. The first-order chi connectivity index (χ1) is 21.4. The molecular weight excluding hydrogens is 556 g/mol. The first-order valence-electron chi connectivity index (χ1n) is 14.3. The molecule has 0 aromatic heterocycles. The number of hydrogen-bond donors (Lipinski definition) is 1. The average molecular weight is 587 g/mol. The van der Waals surface area contributed by atoms with Crippen LogP contribution < -0.4 is 24.4 Å². The first kappa shape index (κ1) is 27.5. The van der Waals surface area contributed by atoms with Crippen LogP contribution in [-0.2, 0) is 10.2 Å². The quantitative estimate of drug-likeness (QED) is 0.283. The predicted molar refractivity (Wildman–Crippen MR) is 167 cm³/mol. The second-order valence-corrected chi connectivity index (χ2v) is 11.1. The number of amides is 1. The molecule has 4 atom stereocenters. The van der Waals surface area contributed by atoms with Crippen molar-refractivity contribution in [2.45, 2.75) is 17.5 Å². The average Bonchev–Trinajstić information content (AvgIpc) is 3.55. The van der Waals surface area contributed by atoms with Gasteiger partial charge in [-0.3, -0.25) is 14.4 Å². The zero-order valence-corrected chi connectivity index (χ0v) is 24.4. The van der Waals surface area contributed by atoms with Crippen molar-refractivity contribution in [1.29, 1.82) is 0 Å². The van der Waals surface area contributed by atoms with Gasteiger partial charge in [0, 0.05) is 22.5 Å². The summed E-state index contributed by atoms with van der Waals surface area (Å²) in [6.07, 6.45) is 3.94. The van der Waals surface area contributed by atoms with Gasteiger partial charge in [0.15, 0.2) is 23.1 Å². The van der Waals surface area contributed by atoms with Gasteiger partial charge in [0.25, 0.3) is 0 Å². The van der Waals surface area contributed by atoms with Crippen molar-refractivity contribution < 1.29 is 28.6 Å². The van der Waals surface area contributed by atoms with Crippen LogP contribution in [0.25, 0.3) is 6.08 Å². The summed E-state index contributed by atoms with van der Waals surface area (Å²) in [5, 5.41) is 3.05. The fourth-order valence-corrected chi connectivity index (χ4v) is 7.21. The summed E-state index contributed by atoms with van der Waals surface area (Å²) in [7, 11) is 4.59. The fraction of sp³-hybridized carbons (Fsp3) is 0.194. The van der Waals surface area contributed by atoms with Gasteiger partial charge in [-0.1, -0.05) is 48.6 Å². The van der Waals surface area contributed by atoms with E-state index in [9.17, 15) is 14.4 Å². The molecule has 3 aliphatic rings. The molecule has 4 aromatic carbocycles. The molecule has 4 aromatic rings. The van der Waals surface area contributed by atoms with Gasteiger partial charge >= 0.3 is 0 Å². The lowest BCUT2D eigenvalue weighted by molar-refractivity contribution is -0.121. The van der Waals surface area contributed by atoms with Crippen LogP contribution >= 0.6 is 0 Å². The molecule has 8 heteroatoms. The molecule has 3 aliphatic heterocycles. The number of Topliss-reactive ketones (excluding diaryl/α,β-unsaturated/α-hetero) is 2. The molecule has 1 amide bonds. The van der Waals surface area contributed by atoms with Crippen LogP contribution in [-0.4, -0.2) is 50.9 Å². The van der Waals surface area contributed by atoms with Crippen LogP contribution in [0, 0.1) is 5.92 Å². The van der Waals surface area contributed by atoms with E-state index in [-0.39, 0.29) is 17.5 Å². The normalized spacial score (nSPS) is 22.6. The van der Waals surface area contributed by atoms with Crippen LogP contribution in [0.15, 0.2) is 97.1 Å². The third-order valence-electron chi connectivity index (χ3n) is 9.14. The molecule has 1 N–H and O–H groups in total. The number of nitrogens with zero attached hydrogens (tertiary/aromatic N) is 1. The maximum Gasteiger partial charge on any atom is 0.238 e. The Morgan fingerprint density at radius 3 is 2.23 bits per heavy atom. The third-order valence-corrected chi connectivity index (χ3v) is 9.14. The first-order valence-corrected chi connectivity index (χ1v) is 14.3. The Morgan fingerprint density at radius 1 is 0.773 bits per heavy atom. The minimum absolute atomic E-state index is 0.304. The molecule has 0 aliphatic carbocycles. The molecule has 0 saturated carbocycles. The second kappa shape index (κ2) is 10.4. The van der Waals surface area contributed by atoms with Gasteiger partial charge in [0.1, 0.15) is 17.2 Å². The zero-order valence-electron chi connectivity index (χ0n) is 24.4. The number of rotatable bonds is 7. The van der Waals surface area contributed by atoms with Crippen molar-refractivity contribution in [3.05, 3.63) is 119 Å². The maximum absolute atomic E-state index is 14.9. The van der Waals surface area contributed by atoms with Crippen molar-refractivity contribution in [1.82, 2.24) is 0 Å². The number of hydrogen-bond acceptors (Lipinski definition) is 7. The molecule has 3 heterocycles. The molecular formula is C36H30N2O6. The SMILES string of the molecule is COc1ccc(C(=O)[C@@H]2[C@H](C(=O)c3ccc(OC)c(OC)c3)N3c4ccccc4C=CC3[C@@]23C(=O)Nc2ccccc23)cc1. The van der Waals surface area contributed by atoms with Gasteiger partial charge in [0.2, 0.25) is 5.91 Å². The summed E-state index contributed by atoms with van der Waals surface area (Å²) in [6.45, 7) is 0. The summed E-state index contributed by atoms with van der Waals surface area (Å²) in [4.78, 5) is 46.3. The van der Waals surface area contributed by atoms with Gasteiger partial charge in [-0.05, 0) is 65.7 Å². The minimum Gasteiger partial charge on any atom is -0.497 e. The Kier molecular flexibility index (Phi) is 6.50. The Bertz CT molecular complexity index is 1850. The largest absolute Gasteiger partial charge is 0.497 e. The molecule has 7 rings (SSSR count). The summed E-state index contributed by atoms with van der Waals surface area (Å²) in [5.74, 6) is -0.540. The third kappa shape index (κ3) is 3.80. The number of methoxy groups -OCH3 is 3. The monoisotopic (exact) mass is 586 g/mol. The maximum atomic E-state index is 14.9. The van der Waals surface area contributed by atoms with E-state index in [4.69, 9.17) is 14.2 Å². The number of carbonyl (C=O) groups excluding carboxylic acids is 3. The molecule has 1 spiro atoms. The van der Waals surface area contributed by atoms with Crippen LogP contribution in [0.5, 0.6) is 17.2 Å². The number of benzene rings is 4. The zero-order chi connectivity index (χ0) is 30.6. The number of carbonyl (C=O) groups is 3. The molecule has 0 bridgehead atoms. The Labute approximate surface area is 254 Å². The molecule has 220 valence electrons.